The van der Waals surface area contributed by atoms with E-state index in [1.165, 1.54) is 10.8 Å². The van der Waals surface area contributed by atoms with Crippen LogP contribution in [0.25, 0.3) is 6.08 Å². The number of nitrogens with one attached hydrogen (secondary N) is 1. The maximum Gasteiger partial charge on any atom is 0.331 e. The largest absolute Gasteiger partial charge is 0.452 e. The van der Waals surface area contributed by atoms with Crippen LogP contribution in [0.2, 0.25) is 5.15 Å². The Morgan fingerprint density at radius 1 is 1.48 bits per heavy atom. The smallest absolute Gasteiger partial charge is 0.331 e. The lowest BCUT2D eigenvalue weighted by Crippen LogP contribution is -2.28. The van der Waals surface area contributed by atoms with Crippen LogP contribution >= 0.6 is 11.6 Å². The standard InChI is InChI=1S/C15H20ClN3O5S/c1-3-17-13(20)8-24-14(21)5-4-12-10(2)18-19(15(12)16)11-6-7-25(22,23)9-11/h4-5,11H,3,6-9H2,1-2H3,(H,17,20)/b5-4+/t11-/m1/s1. The minimum atomic E-state index is -3.06. The molecule has 0 unspecified atom stereocenters. The predicted octanol–water partition coefficient (Wildman–Crippen LogP) is 0.897. The molecule has 0 aromatic carbocycles. The summed E-state index contributed by atoms with van der Waals surface area (Å²) in [6, 6.07) is -0.303. The minimum absolute atomic E-state index is 0.00553. The van der Waals surface area contributed by atoms with Crippen LogP contribution in [-0.2, 0) is 24.2 Å². The van der Waals surface area contributed by atoms with Crippen molar-refractivity contribution in [3.63, 3.8) is 0 Å². The molecule has 1 fully saturated rings. The molecular formula is C15H20ClN3O5S. The van der Waals surface area contributed by atoms with Crippen LogP contribution in [0.15, 0.2) is 6.08 Å². The molecular weight excluding hydrogens is 370 g/mol. The van der Waals surface area contributed by atoms with Gasteiger partial charge in [0.05, 0.1) is 23.2 Å². The molecule has 0 aliphatic carbocycles. The summed E-state index contributed by atoms with van der Waals surface area (Å²) >= 11 is 6.29. The van der Waals surface area contributed by atoms with E-state index in [9.17, 15) is 18.0 Å². The summed E-state index contributed by atoms with van der Waals surface area (Å²) in [5, 5.41) is 7.07. The van der Waals surface area contributed by atoms with Gasteiger partial charge in [0.2, 0.25) is 0 Å². The number of carbonyl (C=O) groups excluding carboxylic acids is 2. The fraction of sp³-hybridized carbons (Fsp3) is 0.533. The molecule has 0 bridgehead atoms. The molecule has 1 saturated heterocycles. The maximum absolute atomic E-state index is 11.7. The molecule has 138 valence electrons. The number of hydrogen-bond acceptors (Lipinski definition) is 6. The van der Waals surface area contributed by atoms with Gasteiger partial charge in [0, 0.05) is 18.2 Å². The van der Waals surface area contributed by atoms with Gasteiger partial charge in [0.1, 0.15) is 5.15 Å². The second-order valence-electron chi connectivity index (χ2n) is 5.69. The van der Waals surface area contributed by atoms with Crippen molar-refractivity contribution in [1.82, 2.24) is 15.1 Å². The van der Waals surface area contributed by atoms with Gasteiger partial charge in [0.25, 0.3) is 5.91 Å². The van der Waals surface area contributed by atoms with Crippen molar-refractivity contribution in [1.29, 1.82) is 0 Å². The number of aromatic nitrogens is 2. The number of nitrogens with zero attached hydrogens (tertiary/aromatic N) is 2. The quantitative estimate of drug-likeness (QED) is 0.572. The van der Waals surface area contributed by atoms with Gasteiger partial charge in [-0.1, -0.05) is 11.6 Å². The molecule has 0 spiro atoms. The van der Waals surface area contributed by atoms with Crippen LogP contribution < -0.4 is 5.32 Å². The number of rotatable bonds is 6. The summed E-state index contributed by atoms with van der Waals surface area (Å²) in [6.45, 7) is 3.57. The summed E-state index contributed by atoms with van der Waals surface area (Å²) in [5.41, 5.74) is 1.09. The molecule has 1 aliphatic rings. The second-order valence-corrected chi connectivity index (χ2v) is 8.27. The van der Waals surface area contributed by atoms with Crippen molar-refractivity contribution in [3.05, 3.63) is 22.5 Å². The van der Waals surface area contributed by atoms with Gasteiger partial charge in [-0.25, -0.2) is 17.9 Å². The molecule has 0 radical (unpaired) electrons. The van der Waals surface area contributed by atoms with Crippen LogP contribution in [0.3, 0.4) is 0 Å². The Morgan fingerprint density at radius 3 is 2.80 bits per heavy atom. The van der Waals surface area contributed by atoms with Gasteiger partial charge in [0.15, 0.2) is 16.4 Å². The van der Waals surface area contributed by atoms with Gasteiger partial charge in [-0.2, -0.15) is 5.10 Å². The van der Waals surface area contributed by atoms with Crippen molar-refractivity contribution in [2.24, 2.45) is 0 Å². The average Bonchev–Trinajstić information content (AvgIpc) is 3.03. The first-order valence-electron chi connectivity index (χ1n) is 7.80. The summed E-state index contributed by atoms with van der Waals surface area (Å²) in [4.78, 5) is 22.9. The highest BCUT2D eigenvalue weighted by Crippen LogP contribution is 2.30. The molecule has 1 atom stereocenters. The summed E-state index contributed by atoms with van der Waals surface area (Å²) in [6.07, 6.45) is 3.07. The van der Waals surface area contributed by atoms with Gasteiger partial charge < -0.3 is 10.1 Å². The average molecular weight is 390 g/mol. The Labute approximate surface area is 151 Å². The number of sulfone groups is 1. The fourth-order valence-corrected chi connectivity index (χ4v) is 4.58. The highest BCUT2D eigenvalue weighted by atomic mass is 35.5. The Balaban J connectivity index is 2.05. The number of carbonyl (C=O) groups is 2. The highest BCUT2D eigenvalue weighted by molar-refractivity contribution is 7.91. The molecule has 1 aromatic rings. The molecule has 25 heavy (non-hydrogen) atoms. The zero-order valence-corrected chi connectivity index (χ0v) is 15.6. The number of likely N-dealkylation sites (N-methyl/N-ethyl adjacent to an activating group) is 1. The number of halogens is 1. The van der Waals surface area contributed by atoms with Crippen LogP contribution in [-0.4, -0.2) is 54.7 Å². The molecule has 1 aliphatic heterocycles. The van der Waals surface area contributed by atoms with E-state index in [0.29, 0.717) is 24.2 Å². The Kier molecular flexibility index (Phi) is 6.23. The normalized spacial score (nSPS) is 19.2. The van der Waals surface area contributed by atoms with Crippen LogP contribution in [0.1, 0.15) is 30.6 Å². The summed E-state index contributed by atoms with van der Waals surface area (Å²) in [5.74, 6) is -0.942. The Hall–Kier alpha value is -1.87. The maximum atomic E-state index is 11.7. The van der Waals surface area contributed by atoms with E-state index in [0.717, 1.165) is 6.08 Å². The van der Waals surface area contributed by atoms with E-state index < -0.39 is 15.8 Å². The first kappa shape index (κ1) is 19.5. The summed E-state index contributed by atoms with van der Waals surface area (Å²) in [7, 11) is -3.06. The lowest BCUT2D eigenvalue weighted by atomic mass is 10.2. The number of hydrogen-bond donors (Lipinski definition) is 1. The predicted molar refractivity (Wildman–Crippen MR) is 93.0 cm³/mol. The number of esters is 1. The molecule has 10 heteroatoms. The first-order chi connectivity index (χ1) is 11.7. The first-order valence-corrected chi connectivity index (χ1v) is 10.00. The third-order valence-corrected chi connectivity index (χ3v) is 5.86. The van der Waals surface area contributed by atoms with Gasteiger partial charge in [-0.3, -0.25) is 4.79 Å². The zero-order chi connectivity index (χ0) is 18.6. The van der Waals surface area contributed by atoms with E-state index >= 15 is 0 Å². The summed E-state index contributed by atoms with van der Waals surface area (Å²) < 4.78 is 29.5. The minimum Gasteiger partial charge on any atom is -0.452 e. The monoisotopic (exact) mass is 389 g/mol. The second kappa shape index (κ2) is 8.01. The van der Waals surface area contributed by atoms with Crippen LogP contribution in [0, 0.1) is 6.92 Å². The van der Waals surface area contributed by atoms with E-state index in [1.54, 1.807) is 13.8 Å². The molecule has 0 saturated carbocycles. The molecule has 2 rings (SSSR count). The fourth-order valence-electron chi connectivity index (χ4n) is 2.52. The molecule has 1 amide bonds. The van der Waals surface area contributed by atoms with E-state index in [4.69, 9.17) is 16.3 Å². The molecule has 1 N–H and O–H groups in total. The van der Waals surface area contributed by atoms with Crippen LogP contribution in [0.4, 0.5) is 0 Å². The van der Waals surface area contributed by atoms with Crippen molar-refractivity contribution >= 4 is 39.4 Å². The van der Waals surface area contributed by atoms with Crippen molar-refractivity contribution in [2.75, 3.05) is 24.7 Å². The molecule has 2 heterocycles. The third-order valence-electron chi connectivity index (χ3n) is 3.73. The van der Waals surface area contributed by atoms with Crippen molar-refractivity contribution in [2.45, 2.75) is 26.3 Å². The number of aryl methyl sites for hydroxylation is 1. The van der Waals surface area contributed by atoms with Crippen molar-refractivity contribution in [3.8, 4) is 0 Å². The highest BCUT2D eigenvalue weighted by Gasteiger charge is 2.31. The van der Waals surface area contributed by atoms with Crippen molar-refractivity contribution < 1.29 is 22.7 Å². The zero-order valence-electron chi connectivity index (χ0n) is 14.0. The lowest BCUT2D eigenvalue weighted by Gasteiger charge is -2.09. The Bertz CT molecular complexity index is 800. The van der Waals surface area contributed by atoms with Crippen LogP contribution in [0.5, 0.6) is 0 Å². The molecule has 8 nitrogen and oxygen atoms in total. The third kappa shape index (κ3) is 5.05. The lowest BCUT2D eigenvalue weighted by molar-refractivity contribution is -0.143. The molecule has 1 aromatic heterocycles. The SMILES string of the molecule is CCNC(=O)COC(=O)/C=C/c1c(C)nn([C@@H]2CCS(=O)(=O)C2)c1Cl. The van der Waals surface area contributed by atoms with E-state index in [1.807, 2.05) is 0 Å². The topological polar surface area (TPSA) is 107 Å². The number of amides is 1. The van der Waals surface area contributed by atoms with E-state index in [2.05, 4.69) is 10.4 Å². The van der Waals surface area contributed by atoms with Gasteiger partial charge in [-0.15, -0.1) is 0 Å². The number of ether oxygens (including phenoxy) is 1. The van der Waals surface area contributed by atoms with Gasteiger partial charge in [-0.05, 0) is 26.3 Å². The Morgan fingerprint density at radius 2 is 2.20 bits per heavy atom. The van der Waals surface area contributed by atoms with Gasteiger partial charge >= 0.3 is 5.97 Å². The van der Waals surface area contributed by atoms with E-state index in [-0.39, 0.29) is 35.2 Å².